The Labute approximate surface area is 367 Å². The number of nitrogens with zero attached hydrogens (tertiary/aromatic N) is 1. The SMILES string of the molecule is C[C@]12CC[C@H]3[C@]4(C=C[C@@]5(C=C4C(=O)c4ccccc4-c4ccccc4)CC(O)CC[C@]35C)[C@@H]1CC[C@@]2(O)CN(Cc1cccc2ccccc12)C[C@@H](O)COCc1ccccc1. The number of ether oxygens (including phenoxy) is 1. The summed E-state index contributed by atoms with van der Waals surface area (Å²) in [5, 5.41) is 38.7. The van der Waals surface area contributed by atoms with Crippen LogP contribution in [0.3, 0.4) is 0 Å². The van der Waals surface area contributed by atoms with Crippen LogP contribution in [0.4, 0.5) is 0 Å². The number of aliphatic hydroxyl groups is 3. The summed E-state index contributed by atoms with van der Waals surface area (Å²) in [5.74, 6) is 0.266. The van der Waals surface area contributed by atoms with Gasteiger partial charge in [0.15, 0.2) is 5.78 Å². The number of fused-ring (bicyclic) bond motifs is 2. The van der Waals surface area contributed by atoms with Gasteiger partial charge in [-0.05, 0) is 95.2 Å². The Bertz CT molecular complexity index is 2510. The third kappa shape index (κ3) is 6.59. The fourth-order valence-electron chi connectivity index (χ4n) is 13.8. The lowest BCUT2D eigenvalue weighted by molar-refractivity contribution is -0.177. The monoisotopic (exact) mass is 827 g/mol. The van der Waals surface area contributed by atoms with E-state index in [0.29, 0.717) is 44.6 Å². The Hall–Kier alpha value is -4.69. The number of ketones is 1. The Balaban J connectivity index is 1.01. The Kier molecular flexibility index (Phi) is 10.6. The molecule has 3 fully saturated rings. The molecule has 5 aromatic carbocycles. The van der Waals surface area contributed by atoms with Gasteiger partial charge in [-0.25, -0.2) is 0 Å². The van der Waals surface area contributed by atoms with Crippen LogP contribution < -0.4 is 0 Å². The maximum absolute atomic E-state index is 15.7. The Morgan fingerprint density at radius 2 is 1.45 bits per heavy atom. The zero-order chi connectivity index (χ0) is 42.7. The summed E-state index contributed by atoms with van der Waals surface area (Å²) in [5.41, 5.74) is 2.99. The van der Waals surface area contributed by atoms with E-state index in [9.17, 15) is 15.3 Å². The molecule has 0 amide bonds. The highest BCUT2D eigenvalue weighted by atomic mass is 16.5. The van der Waals surface area contributed by atoms with Gasteiger partial charge in [-0.15, -0.1) is 0 Å². The number of carbonyl (C=O) groups excluding carboxylic acids is 1. The standard InChI is InChI=1S/C56H61NO5/c1-52-27-24-43(58)32-54(52)30-31-56(48(33-54)51(60)47-23-12-11-22-46(47)41-16-7-4-8-17-41)49(52)25-28-53(2)50(56)26-29-55(53,61)38-57(34-42-20-13-19-40-18-9-10-21-45(40)42)35-44(59)37-62-36-39-14-5-3-6-15-39/h3-23,30-31,33,43-44,49-50,58-59,61H,24-29,32,34-38H2,1-2H3/t43?,44-,49-,50-,52-,53+,54+,55-,56-/m1/s1. The van der Waals surface area contributed by atoms with Gasteiger partial charge < -0.3 is 20.1 Å². The summed E-state index contributed by atoms with van der Waals surface area (Å²) in [6, 6.07) is 43.1. The van der Waals surface area contributed by atoms with Crippen molar-refractivity contribution in [3.63, 3.8) is 0 Å². The van der Waals surface area contributed by atoms with Crippen molar-refractivity contribution in [1.29, 1.82) is 0 Å². The minimum atomic E-state index is -1.09. The average Bonchev–Trinajstić information content (AvgIpc) is 3.56. The molecule has 0 aromatic heterocycles. The van der Waals surface area contributed by atoms with Gasteiger partial charge in [0.05, 0.1) is 31.0 Å². The second-order valence-corrected chi connectivity index (χ2v) is 20.0. The van der Waals surface area contributed by atoms with E-state index in [0.717, 1.165) is 59.9 Å². The average molecular weight is 828 g/mol. The van der Waals surface area contributed by atoms with Crippen molar-refractivity contribution in [2.75, 3.05) is 19.7 Å². The van der Waals surface area contributed by atoms with Gasteiger partial charge in [-0.2, -0.15) is 0 Å². The lowest BCUT2D eigenvalue weighted by Gasteiger charge is -2.71. The molecule has 0 saturated heterocycles. The van der Waals surface area contributed by atoms with E-state index in [1.54, 1.807) is 0 Å². The predicted octanol–water partition coefficient (Wildman–Crippen LogP) is 10.4. The van der Waals surface area contributed by atoms with Crippen molar-refractivity contribution in [2.45, 2.75) is 89.8 Å². The van der Waals surface area contributed by atoms with Crippen LogP contribution in [0.25, 0.3) is 21.9 Å². The number of benzene rings is 5. The summed E-state index contributed by atoms with van der Waals surface area (Å²) in [6.07, 6.45) is 11.3. The van der Waals surface area contributed by atoms with Crippen LogP contribution in [-0.2, 0) is 17.9 Å². The molecule has 2 spiro atoms. The molecule has 3 saturated carbocycles. The summed E-state index contributed by atoms with van der Waals surface area (Å²) in [7, 11) is 0. The highest BCUT2D eigenvalue weighted by molar-refractivity contribution is 6.14. The number of rotatable bonds is 13. The molecule has 9 atom stereocenters. The van der Waals surface area contributed by atoms with E-state index in [2.05, 4.69) is 97.6 Å². The van der Waals surface area contributed by atoms with Crippen molar-refractivity contribution in [2.24, 2.45) is 33.5 Å². The molecular formula is C56H61NO5. The van der Waals surface area contributed by atoms with Gasteiger partial charge >= 0.3 is 0 Å². The second kappa shape index (κ2) is 15.8. The van der Waals surface area contributed by atoms with Gasteiger partial charge in [0.2, 0.25) is 0 Å². The van der Waals surface area contributed by atoms with E-state index in [1.807, 2.05) is 66.7 Å². The summed E-state index contributed by atoms with van der Waals surface area (Å²) >= 11 is 0. The smallest absolute Gasteiger partial charge is 0.190 e. The molecule has 2 bridgehead atoms. The molecule has 6 aliphatic carbocycles. The quantitative estimate of drug-likeness (QED) is 0.0809. The fraction of sp³-hybridized carbons (Fsp3) is 0.411. The van der Waals surface area contributed by atoms with Crippen molar-refractivity contribution in [3.05, 3.63) is 168 Å². The molecule has 3 N–H and O–H groups in total. The zero-order valence-corrected chi connectivity index (χ0v) is 36.3. The fourth-order valence-corrected chi connectivity index (χ4v) is 13.8. The normalized spacial score (nSPS) is 32.5. The second-order valence-electron chi connectivity index (χ2n) is 20.0. The van der Waals surface area contributed by atoms with Crippen LogP contribution in [0.1, 0.15) is 80.3 Å². The van der Waals surface area contributed by atoms with Crippen molar-refractivity contribution in [1.82, 2.24) is 4.90 Å². The molecule has 6 aliphatic rings. The summed E-state index contributed by atoms with van der Waals surface area (Å²) in [6.45, 7) is 6.65. The maximum atomic E-state index is 15.7. The van der Waals surface area contributed by atoms with E-state index in [-0.39, 0.29) is 29.6 Å². The van der Waals surface area contributed by atoms with Crippen LogP contribution in [0.5, 0.6) is 0 Å². The van der Waals surface area contributed by atoms with Gasteiger partial charge in [-0.3, -0.25) is 9.69 Å². The minimum Gasteiger partial charge on any atom is -0.393 e. The lowest BCUT2D eigenvalue weighted by Crippen LogP contribution is -2.67. The van der Waals surface area contributed by atoms with Crippen molar-refractivity contribution >= 4 is 16.6 Å². The first-order chi connectivity index (χ1) is 30.0. The van der Waals surface area contributed by atoms with E-state index < -0.39 is 34.1 Å². The molecular weight excluding hydrogens is 767 g/mol. The van der Waals surface area contributed by atoms with Gasteiger partial charge in [-0.1, -0.05) is 159 Å². The molecule has 11 rings (SSSR count). The number of carbonyl (C=O) groups is 1. The Morgan fingerprint density at radius 1 is 0.774 bits per heavy atom. The number of allylic oxidation sites excluding steroid dienone is 4. The summed E-state index contributed by atoms with van der Waals surface area (Å²) in [4.78, 5) is 17.9. The minimum absolute atomic E-state index is 0.00889. The predicted molar refractivity (Wildman–Crippen MR) is 246 cm³/mol. The Morgan fingerprint density at radius 3 is 2.27 bits per heavy atom. The van der Waals surface area contributed by atoms with E-state index in [1.165, 1.54) is 10.8 Å². The number of hydrogen-bond acceptors (Lipinski definition) is 6. The number of Topliss-reactive ketones (excluding diaryl/α,β-unsaturated/α-hetero) is 1. The maximum Gasteiger partial charge on any atom is 0.190 e. The number of hydrogen-bond donors (Lipinski definition) is 3. The van der Waals surface area contributed by atoms with Crippen LogP contribution in [-0.4, -0.2) is 63.5 Å². The lowest BCUT2D eigenvalue weighted by atomic mass is 9.32. The van der Waals surface area contributed by atoms with Gasteiger partial charge in [0.1, 0.15) is 0 Å². The highest BCUT2D eigenvalue weighted by Gasteiger charge is 2.74. The molecule has 5 aromatic rings. The molecule has 320 valence electrons. The largest absolute Gasteiger partial charge is 0.393 e. The van der Waals surface area contributed by atoms with Crippen LogP contribution >= 0.6 is 0 Å². The van der Waals surface area contributed by atoms with Crippen LogP contribution in [0.15, 0.2) is 151 Å². The van der Waals surface area contributed by atoms with Gasteiger partial charge in [0.25, 0.3) is 0 Å². The first-order valence-corrected chi connectivity index (χ1v) is 23.0. The van der Waals surface area contributed by atoms with Crippen LogP contribution in [0, 0.1) is 33.5 Å². The van der Waals surface area contributed by atoms with Gasteiger partial charge in [0, 0.05) is 47.0 Å². The molecule has 0 heterocycles. The third-order valence-corrected chi connectivity index (χ3v) is 16.9. The van der Waals surface area contributed by atoms with Crippen molar-refractivity contribution < 1.29 is 24.9 Å². The summed E-state index contributed by atoms with van der Waals surface area (Å²) < 4.78 is 6.06. The third-order valence-electron chi connectivity index (χ3n) is 16.9. The molecule has 0 radical (unpaired) electrons. The molecule has 62 heavy (non-hydrogen) atoms. The highest BCUT2D eigenvalue weighted by Crippen LogP contribution is 2.78. The first-order valence-electron chi connectivity index (χ1n) is 23.0. The zero-order valence-electron chi connectivity index (χ0n) is 36.3. The number of aliphatic hydroxyl groups excluding tert-OH is 2. The molecule has 0 aliphatic heterocycles. The topological polar surface area (TPSA) is 90.2 Å². The van der Waals surface area contributed by atoms with Crippen molar-refractivity contribution in [3.8, 4) is 11.1 Å². The molecule has 6 heteroatoms. The molecule has 6 nitrogen and oxygen atoms in total. The van der Waals surface area contributed by atoms with Crippen LogP contribution in [0.2, 0.25) is 0 Å². The first kappa shape index (κ1) is 41.3. The van der Waals surface area contributed by atoms with E-state index in [4.69, 9.17) is 4.74 Å². The van der Waals surface area contributed by atoms with E-state index >= 15 is 4.79 Å². The molecule has 1 unspecified atom stereocenters.